The highest BCUT2D eigenvalue weighted by atomic mass is 79.9. The monoisotopic (exact) mass is 436 g/mol. The van der Waals surface area contributed by atoms with Crippen LogP contribution in [-0.2, 0) is 6.61 Å². The highest BCUT2D eigenvalue weighted by molar-refractivity contribution is 9.10. The maximum absolute atomic E-state index is 10.7. The molecule has 0 saturated heterocycles. The molecule has 0 radical (unpaired) electrons. The van der Waals surface area contributed by atoms with Gasteiger partial charge in [-0.25, -0.2) is 0 Å². The van der Waals surface area contributed by atoms with E-state index in [0.717, 1.165) is 15.6 Å². The fraction of sp³-hybridized carbons (Fsp3) is 0.176. The van der Waals surface area contributed by atoms with E-state index in [-0.39, 0.29) is 12.3 Å². The number of nitro benzene ring substituents is 1. The van der Waals surface area contributed by atoms with Crippen LogP contribution in [0.15, 0.2) is 52.0 Å². The molecule has 2 aromatic carbocycles. The number of nitro groups is 1. The lowest BCUT2D eigenvalue weighted by Crippen LogP contribution is -2.31. The van der Waals surface area contributed by atoms with Gasteiger partial charge in [0.05, 0.1) is 11.1 Å². The number of halogens is 1. The Bertz CT molecular complexity index is 812. The number of benzene rings is 2. The molecule has 0 unspecified atom stereocenters. The molecule has 0 aromatic heterocycles. The summed E-state index contributed by atoms with van der Waals surface area (Å²) in [6, 6.07) is 11.8. The third-order valence-electron chi connectivity index (χ3n) is 3.22. The van der Waals surface area contributed by atoms with Gasteiger partial charge in [0.1, 0.15) is 12.4 Å². The van der Waals surface area contributed by atoms with Gasteiger partial charge in [-0.1, -0.05) is 15.9 Å². The molecule has 2 N–H and O–H groups in total. The molecule has 9 heteroatoms. The van der Waals surface area contributed by atoms with Crippen molar-refractivity contribution in [1.29, 1.82) is 0 Å². The zero-order valence-corrected chi connectivity index (χ0v) is 16.3. The van der Waals surface area contributed by atoms with E-state index >= 15 is 0 Å². The highest BCUT2D eigenvalue weighted by Crippen LogP contribution is 2.23. The molecule has 0 heterocycles. The minimum atomic E-state index is -0.432. The molecule has 0 fully saturated rings. The molecule has 7 nitrogen and oxygen atoms in total. The van der Waals surface area contributed by atoms with Crippen LogP contribution in [0.3, 0.4) is 0 Å². The highest BCUT2D eigenvalue weighted by Gasteiger charge is 2.06. The van der Waals surface area contributed by atoms with Gasteiger partial charge in [-0.05, 0) is 55.0 Å². The maximum atomic E-state index is 10.7. The van der Waals surface area contributed by atoms with Crippen molar-refractivity contribution in [1.82, 2.24) is 10.7 Å². The first-order valence-electron chi connectivity index (χ1n) is 7.72. The van der Waals surface area contributed by atoms with Gasteiger partial charge in [-0.2, -0.15) is 5.10 Å². The lowest BCUT2D eigenvalue weighted by Gasteiger charge is -2.10. The smallest absolute Gasteiger partial charge is 0.269 e. The Morgan fingerprint density at radius 2 is 2.08 bits per heavy atom. The average Bonchev–Trinajstić information content (AvgIpc) is 2.61. The van der Waals surface area contributed by atoms with Crippen molar-refractivity contribution in [3.8, 4) is 5.75 Å². The number of rotatable bonds is 7. The van der Waals surface area contributed by atoms with Crippen LogP contribution in [0.1, 0.15) is 18.1 Å². The third-order valence-corrected chi connectivity index (χ3v) is 3.95. The van der Waals surface area contributed by atoms with E-state index in [9.17, 15) is 10.1 Å². The Morgan fingerprint density at radius 3 is 2.73 bits per heavy atom. The molecule has 0 spiro atoms. The largest absolute Gasteiger partial charge is 0.488 e. The second-order valence-corrected chi connectivity index (χ2v) is 6.45. The molecule has 0 saturated carbocycles. The summed E-state index contributed by atoms with van der Waals surface area (Å²) in [6.07, 6.45) is 1.61. The summed E-state index contributed by atoms with van der Waals surface area (Å²) in [5, 5.41) is 18.2. The van der Waals surface area contributed by atoms with E-state index in [1.54, 1.807) is 18.3 Å². The number of nitrogens with one attached hydrogen (secondary N) is 2. The summed E-state index contributed by atoms with van der Waals surface area (Å²) in [5.74, 6) is 0.631. The zero-order chi connectivity index (χ0) is 18.9. The second-order valence-electron chi connectivity index (χ2n) is 5.12. The van der Waals surface area contributed by atoms with Crippen molar-refractivity contribution in [2.45, 2.75) is 13.5 Å². The quantitative estimate of drug-likeness (QED) is 0.297. The molecular weight excluding hydrogens is 420 g/mol. The summed E-state index contributed by atoms with van der Waals surface area (Å²) in [6.45, 7) is 2.93. The van der Waals surface area contributed by atoms with Crippen LogP contribution in [-0.4, -0.2) is 22.8 Å². The van der Waals surface area contributed by atoms with Gasteiger partial charge in [0, 0.05) is 28.7 Å². The van der Waals surface area contributed by atoms with Crippen LogP contribution in [0.5, 0.6) is 5.75 Å². The summed E-state index contributed by atoms with van der Waals surface area (Å²) < 4.78 is 6.71. The van der Waals surface area contributed by atoms with Crippen molar-refractivity contribution in [3.63, 3.8) is 0 Å². The SMILES string of the molecule is CCNC(=S)N/N=C\c1cc(Br)ccc1OCc1ccc([N+](=O)[O-])cc1. The van der Waals surface area contributed by atoms with Crippen LogP contribution in [0.2, 0.25) is 0 Å². The molecule has 136 valence electrons. The summed E-state index contributed by atoms with van der Waals surface area (Å²) in [7, 11) is 0. The summed E-state index contributed by atoms with van der Waals surface area (Å²) in [4.78, 5) is 10.3. The van der Waals surface area contributed by atoms with Gasteiger partial charge in [0.2, 0.25) is 0 Å². The number of hydrogen-bond acceptors (Lipinski definition) is 5. The lowest BCUT2D eigenvalue weighted by molar-refractivity contribution is -0.384. The standard InChI is InChI=1S/C17H17BrN4O3S/c1-2-19-17(26)21-20-10-13-9-14(18)5-8-16(13)25-11-12-3-6-15(7-4-12)22(23)24/h3-10H,2,11H2,1H3,(H2,19,21,26)/b20-10-. The Labute approximate surface area is 164 Å². The maximum Gasteiger partial charge on any atom is 0.269 e. The molecule has 2 rings (SSSR count). The molecule has 0 aliphatic rings. The molecule has 0 aliphatic carbocycles. The van der Waals surface area contributed by atoms with E-state index in [1.807, 2.05) is 25.1 Å². The Balaban J connectivity index is 2.05. The van der Waals surface area contributed by atoms with E-state index in [0.29, 0.717) is 17.4 Å². The number of ether oxygens (including phenoxy) is 1. The predicted octanol–water partition coefficient (Wildman–Crippen LogP) is 3.75. The molecule has 0 aliphatic heterocycles. The summed E-state index contributed by atoms with van der Waals surface area (Å²) >= 11 is 8.47. The number of non-ortho nitro benzene ring substituents is 1. The normalized spacial score (nSPS) is 10.5. The molecule has 0 bridgehead atoms. The number of thiocarbonyl (C=S) groups is 1. The van der Waals surface area contributed by atoms with Crippen LogP contribution >= 0.6 is 28.1 Å². The van der Waals surface area contributed by atoms with Crippen LogP contribution in [0.4, 0.5) is 5.69 Å². The van der Waals surface area contributed by atoms with Gasteiger partial charge >= 0.3 is 0 Å². The van der Waals surface area contributed by atoms with Crippen LogP contribution in [0.25, 0.3) is 0 Å². The minimum absolute atomic E-state index is 0.0490. The van der Waals surface area contributed by atoms with Gasteiger partial charge in [0.15, 0.2) is 5.11 Å². The Kier molecular flexibility index (Phi) is 7.49. The predicted molar refractivity (Wildman–Crippen MR) is 109 cm³/mol. The second kappa shape index (κ2) is 9.83. The average molecular weight is 437 g/mol. The van der Waals surface area contributed by atoms with Crippen LogP contribution in [0, 0.1) is 10.1 Å². The Morgan fingerprint density at radius 1 is 1.35 bits per heavy atom. The molecule has 2 aromatic rings. The first-order valence-corrected chi connectivity index (χ1v) is 8.92. The zero-order valence-electron chi connectivity index (χ0n) is 13.9. The van der Waals surface area contributed by atoms with E-state index < -0.39 is 4.92 Å². The van der Waals surface area contributed by atoms with Crippen molar-refractivity contribution in [3.05, 3.63) is 68.2 Å². The first-order chi connectivity index (χ1) is 12.5. The van der Waals surface area contributed by atoms with Crippen LogP contribution < -0.4 is 15.5 Å². The van der Waals surface area contributed by atoms with E-state index in [1.165, 1.54) is 12.1 Å². The van der Waals surface area contributed by atoms with Gasteiger partial charge in [0.25, 0.3) is 5.69 Å². The fourth-order valence-corrected chi connectivity index (χ4v) is 2.56. The summed E-state index contributed by atoms with van der Waals surface area (Å²) in [5.41, 5.74) is 4.36. The Hall–Kier alpha value is -2.52. The number of hydrazone groups is 1. The van der Waals surface area contributed by atoms with Crippen molar-refractivity contribution < 1.29 is 9.66 Å². The topological polar surface area (TPSA) is 88.8 Å². The first kappa shape index (κ1) is 19.8. The van der Waals surface area contributed by atoms with E-state index in [2.05, 4.69) is 31.8 Å². The van der Waals surface area contributed by atoms with Crippen molar-refractivity contribution in [2.75, 3.05) is 6.54 Å². The molecule has 0 atom stereocenters. The fourth-order valence-electron chi connectivity index (χ4n) is 1.99. The van der Waals surface area contributed by atoms with Gasteiger partial charge in [-0.15, -0.1) is 0 Å². The third kappa shape index (κ3) is 6.08. The minimum Gasteiger partial charge on any atom is -0.488 e. The van der Waals surface area contributed by atoms with Gasteiger partial charge < -0.3 is 10.1 Å². The van der Waals surface area contributed by atoms with Crippen molar-refractivity contribution in [2.24, 2.45) is 5.10 Å². The van der Waals surface area contributed by atoms with Crippen molar-refractivity contribution >= 4 is 45.2 Å². The number of hydrogen-bond donors (Lipinski definition) is 2. The molecule has 26 heavy (non-hydrogen) atoms. The van der Waals surface area contributed by atoms with Gasteiger partial charge in [-0.3, -0.25) is 15.5 Å². The van der Waals surface area contributed by atoms with E-state index in [4.69, 9.17) is 17.0 Å². The lowest BCUT2D eigenvalue weighted by atomic mass is 10.2. The molecular formula is C17H17BrN4O3S. The molecule has 0 amide bonds. The number of nitrogens with zero attached hydrogens (tertiary/aromatic N) is 2.